The topological polar surface area (TPSA) is 82.5 Å². The minimum atomic E-state index is -0.350. The van der Waals surface area contributed by atoms with Gasteiger partial charge >= 0.3 is 6.03 Å². The fourth-order valence-electron chi connectivity index (χ4n) is 5.17. The summed E-state index contributed by atoms with van der Waals surface area (Å²) in [5.41, 5.74) is 1.89. The summed E-state index contributed by atoms with van der Waals surface area (Å²) < 4.78 is 2.14. The molecule has 8 nitrogen and oxygen atoms in total. The number of benzene rings is 1. The number of piperidine rings is 2. The van der Waals surface area contributed by atoms with Crippen molar-refractivity contribution in [3.8, 4) is 0 Å². The Morgan fingerprint density at radius 1 is 1.10 bits per heavy atom. The van der Waals surface area contributed by atoms with Crippen LogP contribution in [0.5, 0.6) is 0 Å². The molecule has 1 atom stereocenters. The van der Waals surface area contributed by atoms with Crippen LogP contribution in [0.15, 0.2) is 24.4 Å². The second-order valence-corrected chi connectivity index (χ2v) is 8.80. The van der Waals surface area contributed by atoms with Gasteiger partial charge in [0, 0.05) is 38.0 Å². The predicted molar refractivity (Wildman–Crippen MR) is 116 cm³/mol. The number of anilines is 1. The molecule has 0 saturated carbocycles. The van der Waals surface area contributed by atoms with Crippen molar-refractivity contribution < 1.29 is 9.59 Å². The third-order valence-corrected chi connectivity index (χ3v) is 6.78. The van der Waals surface area contributed by atoms with Gasteiger partial charge in [-0.1, -0.05) is 6.07 Å². The van der Waals surface area contributed by atoms with Gasteiger partial charge in [-0.3, -0.25) is 19.7 Å². The van der Waals surface area contributed by atoms with Gasteiger partial charge in [0.25, 0.3) is 0 Å². The van der Waals surface area contributed by atoms with Crippen LogP contribution in [0.1, 0.15) is 38.1 Å². The van der Waals surface area contributed by atoms with Crippen LogP contribution in [-0.2, 0) is 4.79 Å². The van der Waals surface area contributed by atoms with Gasteiger partial charge in [-0.15, -0.1) is 0 Å². The van der Waals surface area contributed by atoms with Crippen LogP contribution in [0.4, 0.5) is 10.5 Å². The molecule has 2 N–H and O–H groups in total. The number of imide groups is 1. The monoisotopic (exact) mass is 410 g/mol. The zero-order valence-electron chi connectivity index (χ0n) is 17.3. The number of hydrogen-bond acceptors (Lipinski definition) is 5. The molecule has 0 unspecified atom stereocenters. The van der Waals surface area contributed by atoms with Gasteiger partial charge in [-0.2, -0.15) is 5.10 Å². The highest BCUT2D eigenvalue weighted by Crippen LogP contribution is 2.32. The maximum absolute atomic E-state index is 12.3. The molecule has 0 radical (unpaired) electrons. The Balaban J connectivity index is 1.29. The first-order chi connectivity index (χ1) is 14.7. The largest absolute Gasteiger partial charge is 0.328 e. The number of urea groups is 1. The van der Waals surface area contributed by atoms with Crippen LogP contribution in [0.3, 0.4) is 0 Å². The van der Waals surface area contributed by atoms with Crippen molar-refractivity contribution >= 4 is 28.5 Å². The fourth-order valence-corrected chi connectivity index (χ4v) is 5.17. The van der Waals surface area contributed by atoms with Crippen molar-refractivity contribution in [2.75, 3.05) is 44.2 Å². The molecule has 5 rings (SSSR count). The average Bonchev–Trinajstić information content (AvgIpc) is 3.20. The number of carbonyl (C=O) groups excluding carboxylic acids is 2. The van der Waals surface area contributed by atoms with E-state index >= 15 is 0 Å². The number of aromatic nitrogens is 2. The normalized spacial score (nSPS) is 24.4. The Labute approximate surface area is 176 Å². The number of nitrogens with one attached hydrogen (secondary N) is 2. The predicted octanol–water partition coefficient (Wildman–Crippen LogP) is 2.12. The molecular weight excluding hydrogens is 380 g/mol. The van der Waals surface area contributed by atoms with Crippen molar-refractivity contribution in [1.82, 2.24) is 25.3 Å². The highest BCUT2D eigenvalue weighted by Gasteiger charge is 2.28. The molecule has 4 heterocycles. The van der Waals surface area contributed by atoms with E-state index in [1.54, 1.807) is 4.90 Å². The van der Waals surface area contributed by atoms with E-state index in [0.717, 1.165) is 55.0 Å². The molecule has 3 amide bonds. The van der Waals surface area contributed by atoms with Crippen LogP contribution < -0.4 is 15.5 Å². The van der Waals surface area contributed by atoms with Crippen molar-refractivity contribution in [3.05, 3.63) is 24.4 Å². The Morgan fingerprint density at radius 3 is 2.73 bits per heavy atom. The summed E-state index contributed by atoms with van der Waals surface area (Å²) in [5, 5.41) is 11.6. The van der Waals surface area contributed by atoms with E-state index in [9.17, 15) is 9.59 Å². The lowest BCUT2D eigenvalue weighted by Gasteiger charge is -2.35. The van der Waals surface area contributed by atoms with Gasteiger partial charge in [0.05, 0.1) is 23.4 Å². The Bertz CT molecular complexity index is 927. The van der Waals surface area contributed by atoms with Gasteiger partial charge in [-0.25, -0.2) is 4.79 Å². The van der Waals surface area contributed by atoms with Crippen LogP contribution in [0.25, 0.3) is 10.9 Å². The van der Waals surface area contributed by atoms with E-state index in [0.29, 0.717) is 19.0 Å². The first-order valence-electron chi connectivity index (χ1n) is 11.2. The Kier molecular flexibility index (Phi) is 5.43. The first kappa shape index (κ1) is 19.5. The van der Waals surface area contributed by atoms with Crippen LogP contribution in [-0.4, -0.2) is 65.9 Å². The number of likely N-dealkylation sites (tertiary alicyclic amines) is 1. The maximum Gasteiger partial charge on any atom is 0.328 e. The van der Waals surface area contributed by atoms with Gasteiger partial charge in [-0.05, 0) is 56.8 Å². The van der Waals surface area contributed by atoms with Crippen molar-refractivity contribution in [3.63, 3.8) is 0 Å². The van der Waals surface area contributed by atoms with Crippen molar-refractivity contribution in [1.29, 1.82) is 0 Å². The molecule has 3 fully saturated rings. The van der Waals surface area contributed by atoms with Gasteiger partial charge < -0.3 is 10.2 Å². The number of hydrogen-bond donors (Lipinski definition) is 2. The molecule has 30 heavy (non-hydrogen) atoms. The van der Waals surface area contributed by atoms with Crippen LogP contribution >= 0.6 is 0 Å². The minimum Gasteiger partial charge on any atom is -0.316 e. The molecule has 3 aliphatic rings. The molecule has 1 aromatic carbocycles. The standard InChI is InChI=1S/C22H30N6O2/c29-21-8-12-27(22(30)25-21)19-4-1-5-20-18(19)14-24-28(20)17-6-10-26(11-7-17)15-16-3-2-9-23-13-16/h1,4-5,14,16-17,23H,2-3,6-13,15H2,(H,25,29,30)/t16-/m1/s1. The second-order valence-electron chi connectivity index (χ2n) is 8.80. The third kappa shape index (κ3) is 3.81. The average molecular weight is 411 g/mol. The quantitative estimate of drug-likeness (QED) is 0.807. The van der Waals surface area contributed by atoms with E-state index in [1.807, 2.05) is 18.3 Å². The third-order valence-electron chi connectivity index (χ3n) is 6.78. The van der Waals surface area contributed by atoms with Crippen LogP contribution in [0.2, 0.25) is 0 Å². The van der Waals surface area contributed by atoms with Gasteiger partial charge in [0.2, 0.25) is 5.91 Å². The summed E-state index contributed by atoms with van der Waals surface area (Å²) in [5.74, 6) is 0.570. The summed E-state index contributed by atoms with van der Waals surface area (Å²) in [7, 11) is 0. The number of amides is 3. The first-order valence-corrected chi connectivity index (χ1v) is 11.2. The number of rotatable bonds is 4. The summed E-state index contributed by atoms with van der Waals surface area (Å²) in [4.78, 5) is 28.1. The summed E-state index contributed by atoms with van der Waals surface area (Å²) >= 11 is 0. The maximum atomic E-state index is 12.3. The van der Waals surface area contributed by atoms with Gasteiger partial charge in [0.15, 0.2) is 0 Å². The van der Waals surface area contributed by atoms with Gasteiger partial charge in [0.1, 0.15) is 0 Å². The van der Waals surface area contributed by atoms with E-state index in [-0.39, 0.29) is 11.9 Å². The molecular formula is C22H30N6O2. The summed E-state index contributed by atoms with van der Waals surface area (Å²) in [6.45, 7) is 6.15. The molecule has 160 valence electrons. The molecule has 0 bridgehead atoms. The van der Waals surface area contributed by atoms with E-state index in [4.69, 9.17) is 5.10 Å². The number of nitrogens with zero attached hydrogens (tertiary/aromatic N) is 4. The molecule has 1 aromatic heterocycles. The Morgan fingerprint density at radius 2 is 1.97 bits per heavy atom. The lowest BCUT2D eigenvalue weighted by Crippen LogP contribution is -2.49. The zero-order chi connectivity index (χ0) is 20.5. The molecule has 8 heteroatoms. The van der Waals surface area contributed by atoms with Crippen LogP contribution in [0, 0.1) is 5.92 Å². The lowest BCUT2D eigenvalue weighted by molar-refractivity contribution is -0.120. The lowest BCUT2D eigenvalue weighted by atomic mass is 9.97. The highest BCUT2D eigenvalue weighted by molar-refractivity contribution is 6.09. The summed E-state index contributed by atoms with van der Waals surface area (Å²) in [6.07, 6.45) is 7.03. The number of carbonyl (C=O) groups is 2. The molecule has 0 spiro atoms. The smallest absolute Gasteiger partial charge is 0.316 e. The Hall–Kier alpha value is -2.45. The van der Waals surface area contributed by atoms with Crippen molar-refractivity contribution in [2.24, 2.45) is 5.92 Å². The SMILES string of the molecule is O=C1CCN(c2cccc3c2cnn3C2CCN(C[C@@H]3CCCNC3)CC2)C(=O)N1. The molecule has 3 aliphatic heterocycles. The molecule has 3 saturated heterocycles. The minimum absolute atomic E-state index is 0.213. The van der Waals surface area contributed by atoms with E-state index < -0.39 is 0 Å². The molecule has 0 aliphatic carbocycles. The second kappa shape index (κ2) is 8.35. The molecule has 2 aromatic rings. The van der Waals surface area contributed by atoms with E-state index in [1.165, 1.54) is 25.9 Å². The number of fused-ring (bicyclic) bond motifs is 1. The zero-order valence-corrected chi connectivity index (χ0v) is 17.3. The summed E-state index contributed by atoms with van der Waals surface area (Å²) in [6, 6.07) is 6.03. The van der Waals surface area contributed by atoms with Crippen molar-refractivity contribution in [2.45, 2.75) is 38.1 Å². The van der Waals surface area contributed by atoms with E-state index in [2.05, 4.69) is 26.3 Å². The highest BCUT2D eigenvalue weighted by atomic mass is 16.2. The fraction of sp³-hybridized carbons (Fsp3) is 0.591.